The average molecular weight is 386 g/mol. The summed E-state index contributed by atoms with van der Waals surface area (Å²) in [4.78, 5) is 2.18. The molecule has 1 atom stereocenters. The summed E-state index contributed by atoms with van der Waals surface area (Å²) in [5.74, 6) is 0.845. The molecule has 0 aliphatic carbocycles. The number of morpholine rings is 1. The van der Waals surface area contributed by atoms with Gasteiger partial charge in [-0.05, 0) is 29.8 Å². The molecule has 0 radical (unpaired) electrons. The topological polar surface area (TPSA) is 38.2 Å². The van der Waals surface area contributed by atoms with Crippen LogP contribution in [0.4, 0.5) is 5.82 Å². The van der Waals surface area contributed by atoms with E-state index in [1.165, 1.54) is 0 Å². The zero-order valence-corrected chi connectivity index (χ0v) is 15.5. The standard InChI is InChI=1S/C20H17Cl2N3O/c21-16-7-6-15(12-17(16)22)19-13-25(10-11-26-19)20-9-8-18(23-24-20)14-4-2-1-3-5-14/h1-9,12,19H,10-11,13H2/t19-/m0/s1. The Morgan fingerprint density at radius 2 is 1.77 bits per heavy atom. The molecule has 0 saturated carbocycles. The van der Waals surface area contributed by atoms with Crippen molar-refractivity contribution in [1.82, 2.24) is 10.2 Å². The van der Waals surface area contributed by atoms with Crippen LogP contribution in [-0.4, -0.2) is 29.9 Å². The molecule has 4 rings (SSSR count). The van der Waals surface area contributed by atoms with Gasteiger partial charge < -0.3 is 9.64 Å². The van der Waals surface area contributed by atoms with Crippen LogP contribution in [0.25, 0.3) is 11.3 Å². The quantitative estimate of drug-likeness (QED) is 0.633. The molecule has 0 unspecified atom stereocenters. The first-order valence-corrected chi connectivity index (χ1v) is 9.17. The lowest BCUT2D eigenvalue weighted by molar-refractivity contribution is 0.0395. The van der Waals surface area contributed by atoms with Crippen molar-refractivity contribution in [3.63, 3.8) is 0 Å². The third-order valence-electron chi connectivity index (χ3n) is 4.43. The zero-order valence-electron chi connectivity index (χ0n) is 14.0. The van der Waals surface area contributed by atoms with Gasteiger partial charge in [-0.1, -0.05) is 59.6 Å². The van der Waals surface area contributed by atoms with Crippen molar-refractivity contribution in [2.45, 2.75) is 6.10 Å². The first kappa shape index (κ1) is 17.3. The number of aromatic nitrogens is 2. The molecule has 1 saturated heterocycles. The van der Waals surface area contributed by atoms with Gasteiger partial charge in [0.05, 0.1) is 22.3 Å². The smallest absolute Gasteiger partial charge is 0.151 e. The Morgan fingerprint density at radius 1 is 0.923 bits per heavy atom. The van der Waals surface area contributed by atoms with Gasteiger partial charge in [0.25, 0.3) is 0 Å². The van der Waals surface area contributed by atoms with Gasteiger partial charge in [-0.3, -0.25) is 0 Å². The molecule has 0 bridgehead atoms. The van der Waals surface area contributed by atoms with Gasteiger partial charge in [-0.2, -0.15) is 0 Å². The summed E-state index contributed by atoms with van der Waals surface area (Å²) >= 11 is 12.1. The van der Waals surface area contributed by atoms with Gasteiger partial charge in [-0.25, -0.2) is 0 Å². The first-order chi connectivity index (χ1) is 12.7. The molecule has 1 aromatic heterocycles. The van der Waals surface area contributed by atoms with Crippen LogP contribution in [-0.2, 0) is 4.74 Å². The Balaban J connectivity index is 1.51. The zero-order chi connectivity index (χ0) is 17.9. The fraction of sp³-hybridized carbons (Fsp3) is 0.200. The molecule has 6 heteroatoms. The van der Waals surface area contributed by atoms with E-state index in [-0.39, 0.29) is 6.10 Å². The van der Waals surface area contributed by atoms with Crippen LogP contribution < -0.4 is 4.90 Å². The molecule has 132 valence electrons. The van der Waals surface area contributed by atoms with E-state index in [1.807, 2.05) is 54.6 Å². The molecule has 3 aromatic rings. The van der Waals surface area contributed by atoms with Gasteiger partial charge in [0, 0.05) is 18.7 Å². The molecule has 4 nitrogen and oxygen atoms in total. The van der Waals surface area contributed by atoms with Crippen molar-refractivity contribution < 1.29 is 4.74 Å². The van der Waals surface area contributed by atoms with Gasteiger partial charge in [-0.15, -0.1) is 10.2 Å². The van der Waals surface area contributed by atoms with E-state index < -0.39 is 0 Å². The molecule has 1 aliphatic rings. The van der Waals surface area contributed by atoms with E-state index in [4.69, 9.17) is 27.9 Å². The SMILES string of the molecule is Clc1ccc([C@@H]2CN(c3ccc(-c4ccccc4)nn3)CCO2)cc1Cl. The molecular formula is C20H17Cl2N3O. The van der Waals surface area contributed by atoms with Crippen LogP contribution in [0.3, 0.4) is 0 Å². The minimum absolute atomic E-state index is 0.0749. The largest absolute Gasteiger partial charge is 0.370 e. The molecule has 0 spiro atoms. The minimum atomic E-state index is -0.0749. The van der Waals surface area contributed by atoms with E-state index in [0.717, 1.165) is 29.2 Å². The molecule has 0 N–H and O–H groups in total. The average Bonchev–Trinajstić information content (AvgIpc) is 2.71. The highest BCUT2D eigenvalue weighted by atomic mass is 35.5. The van der Waals surface area contributed by atoms with Gasteiger partial charge in [0.15, 0.2) is 5.82 Å². The van der Waals surface area contributed by atoms with E-state index in [9.17, 15) is 0 Å². The Bertz CT molecular complexity index is 887. The van der Waals surface area contributed by atoms with Crippen LogP contribution in [0.2, 0.25) is 10.0 Å². The molecular weight excluding hydrogens is 369 g/mol. The summed E-state index contributed by atoms with van der Waals surface area (Å²) in [7, 11) is 0. The predicted octanol–water partition coefficient (Wildman–Crippen LogP) is 5.03. The van der Waals surface area contributed by atoms with Crippen molar-refractivity contribution in [2.75, 3.05) is 24.6 Å². The molecule has 1 aliphatic heterocycles. The van der Waals surface area contributed by atoms with Crippen molar-refractivity contribution in [1.29, 1.82) is 0 Å². The second kappa shape index (κ2) is 7.62. The molecule has 26 heavy (non-hydrogen) atoms. The third-order valence-corrected chi connectivity index (χ3v) is 5.16. The van der Waals surface area contributed by atoms with E-state index in [0.29, 0.717) is 23.2 Å². The number of halogens is 2. The normalized spacial score (nSPS) is 17.3. The maximum atomic E-state index is 6.14. The number of benzene rings is 2. The highest BCUT2D eigenvalue weighted by Gasteiger charge is 2.23. The van der Waals surface area contributed by atoms with Crippen molar-refractivity contribution in [3.05, 3.63) is 76.3 Å². The van der Waals surface area contributed by atoms with Crippen LogP contribution in [0.5, 0.6) is 0 Å². The van der Waals surface area contributed by atoms with Crippen LogP contribution in [0.1, 0.15) is 11.7 Å². The Kier molecular flexibility index (Phi) is 5.07. The molecule has 1 fully saturated rings. The molecule has 2 heterocycles. The second-order valence-electron chi connectivity index (χ2n) is 6.12. The molecule has 2 aromatic carbocycles. The number of anilines is 1. The summed E-state index contributed by atoms with van der Waals surface area (Å²) in [5, 5.41) is 9.87. The summed E-state index contributed by atoms with van der Waals surface area (Å²) in [5.41, 5.74) is 2.93. The Hall–Kier alpha value is -2.14. The van der Waals surface area contributed by atoms with Gasteiger partial charge >= 0.3 is 0 Å². The lowest BCUT2D eigenvalue weighted by atomic mass is 10.1. The summed E-state index contributed by atoms with van der Waals surface area (Å²) in [6.07, 6.45) is -0.0749. The number of hydrogen-bond acceptors (Lipinski definition) is 4. The highest BCUT2D eigenvalue weighted by Crippen LogP contribution is 2.30. The number of ether oxygens (including phenoxy) is 1. The van der Waals surface area contributed by atoms with E-state index >= 15 is 0 Å². The van der Waals surface area contributed by atoms with Gasteiger partial charge in [0.1, 0.15) is 6.10 Å². The van der Waals surface area contributed by atoms with Crippen LogP contribution in [0, 0.1) is 0 Å². The van der Waals surface area contributed by atoms with Crippen molar-refractivity contribution in [3.8, 4) is 11.3 Å². The highest BCUT2D eigenvalue weighted by molar-refractivity contribution is 6.42. The fourth-order valence-electron chi connectivity index (χ4n) is 3.03. The number of hydrogen-bond donors (Lipinski definition) is 0. The lowest BCUT2D eigenvalue weighted by Gasteiger charge is -2.33. The maximum Gasteiger partial charge on any atom is 0.151 e. The maximum absolute atomic E-state index is 6.14. The molecule has 0 amide bonds. The predicted molar refractivity (Wildman–Crippen MR) is 105 cm³/mol. The monoisotopic (exact) mass is 385 g/mol. The number of nitrogens with zero attached hydrogens (tertiary/aromatic N) is 3. The van der Waals surface area contributed by atoms with Crippen molar-refractivity contribution >= 4 is 29.0 Å². The minimum Gasteiger partial charge on any atom is -0.370 e. The Morgan fingerprint density at radius 3 is 2.50 bits per heavy atom. The van der Waals surface area contributed by atoms with E-state index in [1.54, 1.807) is 6.07 Å². The van der Waals surface area contributed by atoms with Crippen LogP contribution in [0.15, 0.2) is 60.7 Å². The van der Waals surface area contributed by atoms with Crippen molar-refractivity contribution in [2.24, 2.45) is 0 Å². The van der Waals surface area contributed by atoms with Gasteiger partial charge in [0.2, 0.25) is 0 Å². The lowest BCUT2D eigenvalue weighted by Crippen LogP contribution is -2.39. The third kappa shape index (κ3) is 3.68. The number of rotatable bonds is 3. The summed E-state index contributed by atoms with van der Waals surface area (Å²) in [6, 6.07) is 19.7. The first-order valence-electron chi connectivity index (χ1n) is 8.41. The summed E-state index contributed by atoms with van der Waals surface area (Å²) < 4.78 is 5.91. The summed E-state index contributed by atoms with van der Waals surface area (Å²) in [6.45, 7) is 2.08. The van der Waals surface area contributed by atoms with E-state index in [2.05, 4.69) is 15.1 Å². The van der Waals surface area contributed by atoms with Crippen LogP contribution >= 0.6 is 23.2 Å². The second-order valence-corrected chi connectivity index (χ2v) is 6.94. The fourth-order valence-corrected chi connectivity index (χ4v) is 3.33. The Labute approximate surface area is 162 Å².